The second kappa shape index (κ2) is 7.46. The third kappa shape index (κ3) is 4.94. The van der Waals surface area contributed by atoms with Crippen LogP contribution in [0, 0.1) is 11.3 Å². The lowest BCUT2D eigenvalue weighted by Crippen LogP contribution is -1.83. The molecule has 0 spiro atoms. The second-order valence-electron chi connectivity index (χ2n) is 3.15. The van der Waals surface area contributed by atoms with E-state index in [1.807, 2.05) is 17.8 Å². The van der Waals surface area contributed by atoms with Gasteiger partial charge in [-0.2, -0.15) is 17.0 Å². The first-order valence-electron chi connectivity index (χ1n) is 4.92. The van der Waals surface area contributed by atoms with E-state index in [4.69, 9.17) is 5.26 Å². The highest BCUT2D eigenvalue weighted by Gasteiger charge is 1.92. The summed E-state index contributed by atoms with van der Waals surface area (Å²) in [5, 5.41) is 8.34. The summed E-state index contributed by atoms with van der Waals surface area (Å²) in [6, 6.07) is 12.7. The molecule has 0 heterocycles. The van der Waals surface area contributed by atoms with Crippen molar-refractivity contribution in [3.05, 3.63) is 35.9 Å². The Bertz CT molecular complexity index is 276. The molecule has 74 valence electrons. The first-order valence-corrected chi connectivity index (χ1v) is 6.07. The van der Waals surface area contributed by atoms with Crippen molar-refractivity contribution in [1.29, 1.82) is 5.26 Å². The number of nitriles is 1. The average Bonchev–Trinajstić information content (AvgIpc) is 2.25. The molecule has 0 bridgehead atoms. The fourth-order valence-corrected chi connectivity index (χ4v) is 2.15. The first kappa shape index (κ1) is 11.1. The van der Waals surface area contributed by atoms with E-state index in [9.17, 15) is 0 Å². The Hall–Kier alpha value is -0.940. The number of hydrogen-bond donors (Lipinski definition) is 0. The molecule has 0 radical (unpaired) electrons. The zero-order chi connectivity index (χ0) is 10.1. The van der Waals surface area contributed by atoms with Crippen molar-refractivity contribution in [2.75, 3.05) is 5.75 Å². The summed E-state index contributed by atoms with van der Waals surface area (Å²) in [6.07, 6.45) is 2.90. The molecule has 1 nitrogen and oxygen atoms in total. The number of rotatable bonds is 6. The maximum atomic E-state index is 8.34. The minimum absolute atomic E-state index is 0.700. The maximum Gasteiger partial charge on any atom is 0.0621 e. The van der Waals surface area contributed by atoms with Gasteiger partial charge in [-0.05, 0) is 24.2 Å². The van der Waals surface area contributed by atoms with Crippen molar-refractivity contribution in [3.8, 4) is 6.07 Å². The topological polar surface area (TPSA) is 23.8 Å². The average molecular weight is 205 g/mol. The van der Waals surface area contributed by atoms with Gasteiger partial charge >= 0.3 is 0 Å². The number of unbranched alkanes of at least 4 members (excludes halogenated alkanes) is 2. The van der Waals surface area contributed by atoms with Crippen molar-refractivity contribution in [3.63, 3.8) is 0 Å². The van der Waals surface area contributed by atoms with Gasteiger partial charge in [-0.15, -0.1) is 0 Å². The first-order chi connectivity index (χ1) is 6.93. The molecule has 0 saturated carbocycles. The molecule has 0 N–H and O–H groups in total. The smallest absolute Gasteiger partial charge is 0.0621 e. The molecule has 1 aromatic carbocycles. The monoisotopic (exact) mass is 205 g/mol. The zero-order valence-corrected chi connectivity index (χ0v) is 9.09. The minimum Gasteiger partial charge on any atom is -0.198 e. The van der Waals surface area contributed by atoms with E-state index in [0.717, 1.165) is 24.3 Å². The normalized spacial score (nSPS) is 9.64. The predicted octanol–water partition coefficient (Wildman–Crippen LogP) is 3.61. The van der Waals surface area contributed by atoms with E-state index in [2.05, 4.69) is 30.3 Å². The summed E-state index contributed by atoms with van der Waals surface area (Å²) >= 11 is 1.95. The molecule has 0 aliphatic carbocycles. The quantitative estimate of drug-likeness (QED) is 0.662. The largest absolute Gasteiger partial charge is 0.198 e. The van der Waals surface area contributed by atoms with Crippen molar-refractivity contribution in [1.82, 2.24) is 0 Å². The van der Waals surface area contributed by atoms with Gasteiger partial charge in [-0.25, -0.2) is 0 Å². The Morgan fingerprint density at radius 1 is 1.14 bits per heavy atom. The molecule has 0 aliphatic heterocycles. The molecule has 0 aromatic heterocycles. The third-order valence-electron chi connectivity index (χ3n) is 1.94. The molecular weight excluding hydrogens is 190 g/mol. The van der Waals surface area contributed by atoms with Gasteiger partial charge in [0.05, 0.1) is 6.07 Å². The molecule has 0 amide bonds. The Morgan fingerprint density at radius 3 is 2.64 bits per heavy atom. The molecule has 2 heteroatoms. The lowest BCUT2D eigenvalue weighted by molar-refractivity contribution is 0.830. The summed E-state index contributed by atoms with van der Waals surface area (Å²) in [5.74, 6) is 2.25. The Labute approximate surface area is 90.1 Å². The Morgan fingerprint density at radius 2 is 1.93 bits per heavy atom. The predicted molar refractivity (Wildman–Crippen MR) is 62.1 cm³/mol. The van der Waals surface area contributed by atoms with Crippen molar-refractivity contribution >= 4 is 11.8 Å². The van der Waals surface area contributed by atoms with E-state index in [1.54, 1.807) is 0 Å². The van der Waals surface area contributed by atoms with E-state index in [-0.39, 0.29) is 0 Å². The summed E-state index contributed by atoms with van der Waals surface area (Å²) in [5.41, 5.74) is 1.39. The fraction of sp³-hybridized carbons (Fsp3) is 0.417. The van der Waals surface area contributed by atoms with Crippen LogP contribution in [0.2, 0.25) is 0 Å². The van der Waals surface area contributed by atoms with Crippen LogP contribution in [0.5, 0.6) is 0 Å². The van der Waals surface area contributed by atoms with E-state index < -0.39 is 0 Å². The number of nitrogens with zero attached hydrogens (tertiary/aromatic N) is 1. The molecule has 0 aliphatic rings. The standard InChI is InChI=1S/C12H15NS/c13-9-5-2-6-10-14-11-12-7-3-1-4-8-12/h1,3-4,7-8H,2,5-6,10-11H2. The van der Waals surface area contributed by atoms with Crippen molar-refractivity contribution in [2.24, 2.45) is 0 Å². The van der Waals surface area contributed by atoms with Crippen molar-refractivity contribution < 1.29 is 0 Å². The number of benzene rings is 1. The van der Waals surface area contributed by atoms with Crippen LogP contribution in [0.25, 0.3) is 0 Å². The second-order valence-corrected chi connectivity index (χ2v) is 4.26. The molecule has 0 saturated heterocycles. The highest BCUT2D eigenvalue weighted by Crippen LogP contribution is 2.13. The van der Waals surface area contributed by atoms with Crippen LogP contribution in [0.3, 0.4) is 0 Å². The lowest BCUT2D eigenvalue weighted by atomic mass is 10.2. The summed E-state index contributed by atoms with van der Waals surface area (Å²) in [4.78, 5) is 0. The van der Waals surface area contributed by atoms with Gasteiger partial charge in [0.25, 0.3) is 0 Å². The van der Waals surface area contributed by atoms with E-state index in [0.29, 0.717) is 6.42 Å². The highest BCUT2D eigenvalue weighted by atomic mass is 32.2. The van der Waals surface area contributed by atoms with Gasteiger partial charge in [-0.3, -0.25) is 0 Å². The van der Waals surface area contributed by atoms with Crippen molar-refractivity contribution in [2.45, 2.75) is 25.0 Å². The van der Waals surface area contributed by atoms with Gasteiger partial charge in [-0.1, -0.05) is 30.3 Å². The zero-order valence-electron chi connectivity index (χ0n) is 8.28. The van der Waals surface area contributed by atoms with E-state index in [1.165, 1.54) is 5.56 Å². The van der Waals surface area contributed by atoms with Crippen LogP contribution >= 0.6 is 11.8 Å². The molecular formula is C12H15NS. The van der Waals surface area contributed by atoms with Crippen LogP contribution in [-0.4, -0.2) is 5.75 Å². The minimum atomic E-state index is 0.700. The summed E-state index contributed by atoms with van der Waals surface area (Å²) in [7, 11) is 0. The lowest BCUT2D eigenvalue weighted by Gasteiger charge is -2.00. The summed E-state index contributed by atoms with van der Waals surface area (Å²) in [6.45, 7) is 0. The summed E-state index contributed by atoms with van der Waals surface area (Å²) < 4.78 is 0. The molecule has 0 atom stereocenters. The number of thioether (sulfide) groups is 1. The molecule has 0 fully saturated rings. The Kier molecular flexibility index (Phi) is 5.94. The third-order valence-corrected chi connectivity index (χ3v) is 3.05. The molecule has 1 aromatic rings. The molecule has 14 heavy (non-hydrogen) atoms. The Balaban J connectivity index is 2.03. The fourth-order valence-electron chi connectivity index (χ4n) is 1.17. The van der Waals surface area contributed by atoms with E-state index >= 15 is 0 Å². The SMILES string of the molecule is N#CCCCCSCc1ccccc1. The molecule has 1 rings (SSSR count). The maximum absolute atomic E-state index is 8.34. The van der Waals surface area contributed by atoms with Crippen LogP contribution < -0.4 is 0 Å². The van der Waals surface area contributed by atoms with Crippen LogP contribution in [0.15, 0.2) is 30.3 Å². The molecule has 0 unspecified atom stereocenters. The van der Waals surface area contributed by atoms with Gasteiger partial charge in [0.1, 0.15) is 0 Å². The van der Waals surface area contributed by atoms with Crippen LogP contribution in [0.4, 0.5) is 0 Å². The highest BCUT2D eigenvalue weighted by molar-refractivity contribution is 7.98. The van der Waals surface area contributed by atoms with Gasteiger partial charge in [0.2, 0.25) is 0 Å². The van der Waals surface area contributed by atoms with Crippen LogP contribution in [-0.2, 0) is 5.75 Å². The van der Waals surface area contributed by atoms with Gasteiger partial charge in [0, 0.05) is 12.2 Å². The number of hydrogen-bond acceptors (Lipinski definition) is 2. The van der Waals surface area contributed by atoms with Crippen LogP contribution in [0.1, 0.15) is 24.8 Å². The van der Waals surface area contributed by atoms with Gasteiger partial charge in [0.15, 0.2) is 0 Å². The van der Waals surface area contributed by atoms with Gasteiger partial charge < -0.3 is 0 Å².